The largest absolute Gasteiger partial charge is 0.490 e. The van der Waals surface area contributed by atoms with Gasteiger partial charge in [-0.1, -0.05) is 71.6 Å². The molecule has 7 rings (SSSR count). The van der Waals surface area contributed by atoms with E-state index in [1.807, 2.05) is 36.4 Å². The van der Waals surface area contributed by atoms with Crippen molar-refractivity contribution < 1.29 is 37.0 Å². The number of fused-ring (bicyclic) bond motifs is 3. The number of thioether (sulfide) groups is 1. The van der Waals surface area contributed by atoms with Crippen LogP contribution < -0.4 is 24.6 Å². The van der Waals surface area contributed by atoms with Gasteiger partial charge in [-0.2, -0.15) is 13.2 Å². The van der Waals surface area contributed by atoms with Crippen molar-refractivity contribution in [1.82, 2.24) is 4.98 Å². The normalized spacial score (nSPS) is 18.7. The number of carbonyl (C=O) groups excluding carboxylic acids is 3. The number of nitrogens with one attached hydrogen (secondary N) is 2. The number of hydrogen-bond acceptors (Lipinski definition) is 8. The van der Waals surface area contributed by atoms with Crippen LogP contribution in [0.2, 0.25) is 0 Å². The summed E-state index contributed by atoms with van der Waals surface area (Å²) in [4.78, 5) is 56.5. The number of rotatable bonds is 8. The molecule has 1 aromatic heterocycles. The summed E-state index contributed by atoms with van der Waals surface area (Å²) in [6, 6.07) is 22.5. The lowest BCUT2D eigenvalue weighted by Crippen LogP contribution is -2.33. The fraction of sp³-hybridized carbons (Fsp3) is 0.200. The van der Waals surface area contributed by atoms with E-state index in [2.05, 4.69) is 10.3 Å². The molecule has 3 atom stereocenters. The molecule has 0 aliphatic carbocycles. The monoisotopic (exact) mass is 705 g/mol. The van der Waals surface area contributed by atoms with Gasteiger partial charge < -0.3 is 19.8 Å². The average Bonchev–Trinajstić information content (AvgIpc) is 3.57. The van der Waals surface area contributed by atoms with Gasteiger partial charge >= 0.3 is 11.0 Å². The molecule has 2 N–H and O–H groups in total. The number of thiazole rings is 1. The molecule has 9 nitrogen and oxygen atoms in total. The predicted octanol–water partition coefficient (Wildman–Crippen LogP) is 6.82. The summed E-state index contributed by atoms with van der Waals surface area (Å²) in [5.41, 5.74) is -0.571. The molecular weight excluding hydrogens is 680 g/mol. The van der Waals surface area contributed by atoms with Crippen LogP contribution in [0.5, 0.6) is 11.5 Å². The van der Waals surface area contributed by atoms with Crippen LogP contribution in [0.1, 0.15) is 28.8 Å². The Morgan fingerprint density at radius 3 is 2.43 bits per heavy atom. The van der Waals surface area contributed by atoms with Crippen molar-refractivity contribution in [2.75, 3.05) is 23.4 Å². The van der Waals surface area contributed by atoms with Gasteiger partial charge in [0.15, 0.2) is 18.1 Å². The maximum atomic E-state index is 14.0. The van der Waals surface area contributed by atoms with Gasteiger partial charge in [0.05, 0.1) is 28.8 Å². The lowest BCUT2D eigenvalue weighted by Gasteiger charge is -2.30. The van der Waals surface area contributed by atoms with Gasteiger partial charge in [-0.05, 0) is 59.7 Å². The molecule has 1 fully saturated rings. The molecule has 3 heterocycles. The third kappa shape index (κ3) is 6.06. The first-order chi connectivity index (χ1) is 23.5. The summed E-state index contributed by atoms with van der Waals surface area (Å²) < 4.78 is 53.6. The highest BCUT2D eigenvalue weighted by Gasteiger charge is 2.57. The van der Waals surface area contributed by atoms with Crippen LogP contribution in [0.4, 0.5) is 24.5 Å². The Bertz CT molecular complexity index is 2180. The predicted molar refractivity (Wildman–Crippen MR) is 180 cm³/mol. The van der Waals surface area contributed by atoms with Gasteiger partial charge in [-0.25, -0.2) is 4.90 Å². The fourth-order valence-corrected chi connectivity index (χ4v) is 8.75. The quantitative estimate of drug-likeness (QED) is 0.170. The number of imide groups is 1. The molecule has 2 aliphatic heterocycles. The van der Waals surface area contributed by atoms with E-state index in [0.717, 1.165) is 46.0 Å². The van der Waals surface area contributed by atoms with Crippen molar-refractivity contribution in [3.8, 4) is 11.5 Å². The highest BCUT2D eigenvalue weighted by atomic mass is 32.2. The molecule has 2 aliphatic rings. The average molecular weight is 706 g/mol. The number of anilines is 2. The van der Waals surface area contributed by atoms with Gasteiger partial charge in [0.25, 0.3) is 5.91 Å². The third-order valence-electron chi connectivity index (χ3n) is 8.29. The molecule has 49 heavy (non-hydrogen) atoms. The first-order valence-corrected chi connectivity index (χ1v) is 16.8. The second-order valence-electron chi connectivity index (χ2n) is 11.3. The third-order valence-corrected chi connectivity index (χ3v) is 10.7. The molecule has 250 valence electrons. The molecule has 3 unspecified atom stereocenters. The van der Waals surface area contributed by atoms with E-state index in [4.69, 9.17) is 9.47 Å². The van der Waals surface area contributed by atoms with Gasteiger partial charge in [0.1, 0.15) is 5.25 Å². The Kier molecular flexibility index (Phi) is 8.45. The van der Waals surface area contributed by atoms with Crippen molar-refractivity contribution in [3.63, 3.8) is 0 Å². The van der Waals surface area contributed by atoms with E-state index in [0.29, 0.717) is 26.1 Å². The molecular formula is C35H26F3N3O6S2. The maximum Gasteiger partial charge on any atom is 0.418 e. The van der Waals surface area contributed by atoms with Gasteiger partial charge in [0, 0.05) is 16.5 Å². The van der Waals surface area contributed by atoms with E-state index in [-0.39, 0.29) is 24.7 Å². The van der Waals surface area contributed by atoms with Crippen LogP contribution in [0.3, 0.4) is 0 Å². The summed E-state index contributed by atoms with van der Waals surface area (Å²) in [5.74, 6) is -3.53. The summed E-state index contributed by atoms with van der Waals surface area (Å²) in [5, 5.41) is 4.08. The number of H-pyrrole nitrogens is 1. The van der Waals surface area contributed by atoms with Gasteiger partial charge in [-0.15, -0.1) is 0 Å². The first-order valence-electron chi connectivity index (χ1n) is 15.2. The summed E-state index contributed by atoms with van der Waals surface area (Å²) in [7, 11) is 0. The number of amides is 3. The molecule has 0 bridgehead atoms. The Labute approximate surface area is 285 Å². The lowest BCUT2D eigenvalue weighted by molar-refractivity contribution is -0.137. The Balaban J connectivity index is 1.19. The number of para-hydroxylation sites is 1. The zero-order chi connectivity index (χ0) is 34.4. The van der Waals surface area contributed by atoms with E-state index < -0.39 is 57.1 Å². The van der Waals surface area contributed by atoms with Crippen molar-refractivity contribution in [2.45, 2.75) is 29.3 Å². The van der Waals surface area contributed by atoms with Crippen LogP contribution >= 0.6 is 23.1 Å². The summed E-state index contributed by atoms with van der Waals surface area (Å²) in [6.45, 7) is 1.63. The highest BCUT2D eigenvalue weighted by Crippen LogP contribution is 2.54. The Hall–Kier alpha value is -5.08. The standard InChI is InChI=1S/C35H26F3N3O6S2/c1-2-46-25-16-20(12-14-24(25)47-17-26(42)39-21-13-11-18-7-3-4-8-19(18)15-21)27-28-30(48-31-29(27)49-34(45)40-31)33(44)41(32(28)43)23-10-6-5-9-22(23)35(36,37)38/h3-16,27-28,30H,2,17H2,1H3,(H,39,42)(H,40,45). The molecule has 14 heteroatoms. The van der Waals surface area contributed by atoms with Gasteiger partial charge in [-0.3, -0.25) is 19.2 Å². The zero-order valence-electron chi connectivity index (χ0n) is 25.6. The molecule has 0 saturated carbocycles. The summed E-state index contributed by atoms with van der Waals surface area (Å²) >= 11 is 1.83. The Morgan fingerprint density at radius 1 is 0.898 bits per heavy atom. The molecule has 0 spiro atoms. The number of carbonyl (C=O) groups is 3. The van der Waals surface area contributed by atoms with Gasteiger partial charge in [0.2, 0.25) is 11.8 Å². The van der Waals surface area contributed by atoms with E-state index in [9.17, 15) is 32.3 Å². The highest BCUT2D eigenvalue weighted by molar-refractivity contribution is 8.00. The van der Waals surface area contributed by atoms with Crippen molar-refractivity contribution >= 4 is 63.0 Å². The van der Waals surface area contributed by atoms with Crippen LogP contribution in [0, 0.1) is 5.92 Å². The topological polar surface area (TPSA) is 118 Å². The number of aromatic nitrogens is 1. The van der Waals surface area contributed by atoms with Crippen LogP contribution in [0.15, 0.2) is 94.7 Å². The van der Waals surface area contributed by atoms with Crippen LogP contribution in [-0.4, -0.2) is 41.2 Å². The number of hydrogen-bond donors (Lipinski definition) is 2. The minimum atomic E-state index is -4.81. The molecule has 4 aromatic carbocycles. The fourth-order valence-electron chi connectivity index (χ4n) is 6.24. The Morgan fingerprint density at radius 2 is 1.65 bits per heavy atom. The van der Waals surface area contributed by atoms with Crippen molar-refractivity contribution in [1.29, 1.82) is 0 Å². The van der Waals surface area contributed by atoms with E-state index >= 15 is 0 Å². The molecule has 5 aromatic rings. The second-order valence-corrected chi connectivity index (χ2v) is 13.5. The maximum absolute atomic E-state index is 14.0. The molecule has 1 saturated heterocycles. The lowest BCUT2D eigenvalue weighted by atomic mass is 9.83. The summed E-state index contributed by atoms with van der Waals surface area (Å²) in [6.07, 6.45) is -4.81. The van der Waals surface area contributed by atoms with Crippen molar-refractivity contribution in [2.24, 2.45) is 5.92 Å². The molecule has 0 radical (unpaired) electrons. The zero-order valence-corrected chi connectivity index (χ0v) is 27.2. The molecule has 3 amide bonds. The second kappa shape index (κ2) is 12.7. The number of benzene rings is 4. The minimum absolute atomic E-state index is 0.220. The van der Waals surface area contributed by atoms with Crippen molar-refractivity contribution in [3.05, 3.63) is 111 Å². The van der Waals surface area contributed by atoms with Crippen LogP contribution in [-0.2, 0) is 20.6 Å². The number of ether oxygens (including phenoxy) is 2. The first kappa shape index (κ1) is 32.5. The number of alkyl halides is 3. The minimum Gasteiger partial charge on any atom is -0.490 e. The van der Waals surface area contributed by atoms with E-state index in [1.54, 1.807) is 31.2 Å². The number of nitrogens with zero attached hydrogens (tertiary/aromatic N) is 1. The number of halogens is 3. The number of aromatic amines is 1. The smallest absolute Gasteiger partial charge is 0.418 e. The van der Waals surface area contributed by atoms with E-state index in [1.165, 1.54) is 12.1 Å². The SMILES string of the molecule is CCOc1cc(C2c3sc(=O)[nH]c3SC3C(=O)N(c4ccccc4C(F)(F)F)C(=O)C32)ccc1OCC(=O)Nc1ccc2ccccc2c1. The van der Waals surface area contributed by atoms with Crippen LogP contribution in [0.25, 0.3) is 10.8 Å².